The molecule has 0 saturated heterocycles. The molecule has 0 bridgehead atoms. The first kappa shape index (κ1) is 48.5. The number of unbranched alkanes of at least 4 members (excludes halogenated alkanes) is 20. The zero-order valence-corrected chi connectivity index (χ0v) is 35.2. The van der Waals surface area contributed by atoms with Crippen molar-refractivity contribution in [2.75, 3.05) is 26.3 Å². The highest BCUT2D eigenvalue weighted by atomic mass is 31.1. The minimum absolute atomic E-state index is 0.00873. The molecule has 310 valence electrons. The third-order valence-corrected chi connectivity index (χ3v) is 10.3. The molecule has 8 nitrogen and oxygen atoms in total. The third-order valence-electron chi connectivity index (χ3n) is 9.80. The number of Topliss-reactive ketones (excluding diaryl/α,β-unsaturated/α-hetero) is 1. The molecule has 0 aromatic heterocycles. The molecule has 0 saturated carbocycles. The number of hydrogen-bond acceptors (Lipinski definition) is 8. The van der Waals surface area contributed by atoms with E-state index >= 15 is 0 Å². The predicted octanol–water partition coefficient (Wildman–Crippen LogP) is 12.0. The molecule has 0 aliphatic carbocycles. The molecule has 55 heavy (non-hydrogen) atoms. The fraction of sp³-hybridized carbons (Fsp3) is 0.674. The third kappa shape index (κ3) is 29.3. The fourth-order valence-corrected chi connectivity index (χ4v) is 7.01. The van der Waals surface area contributed by atoms with E-state index in [9.17, 15) is 14.4 Å². The van der Waals surface area contributed by atoms with Gasteiger partial charge >= 0.3 is 11.9 Å². The van der Waals surface area contributed by atoms with Crippen molar-refractivity contribution in [3.63, 3.8) is 0 Å². The van der Waals surface area contributed by atoms with Crippen molar-refractivity contribution in [3.8, 4) is 0 Å². The van der Waals surface area contributed by atoms with E-state index in [-0.39, 0.29) is 40.0 Å². The molecule has 0 aliphatic heterocycles. The van der Waals surface area contributed by atoms with Gasteiger partial charge in [0.25, 0.3) is 0 Å². The van der Waals surface area contributed by atoms with Crippen LogP contribution in [0.25, 0.3) is 0 Å². The number of carbonyl (C=O) groups is 3. The highest BCUT2D eigenvalue weighted by Gasteiger charge is 2.18. The van der Waals surface area contributed by atoms with Crippen molar-refractivity contribution < 1.29 is 32.9 Å². The van der Waals surface area contributed by atoms with E-state index in [0.717, 1.165) is 62.6 Å². The van der Waals surface area contributed by atoms with Gasteiger partial charge in [-0.05, 0) is 31.4 Å². The average Bonchev–Trinajstić information content (AvgIpc) is 3.20. The van der Waals surface area contributed by atoms with Gasteiger partial charge in [0, 0.05) is 18.4 Å². The smallest absolute Gasteiger partial charge is 0.306 e. The molecule has 0 amide bonds. The molecular weight excluding hydrogens is 709 g/mol. The predicted molar refractivity (Wildman–Crippen MR) is 226 cm³/mol. The average molecular weight is 784 g/mol. The van der Waals surface area contributed by atoms with Crippen LogP contribution in [0.4, 0.5) is 0 Å². The second-order valence-electron chi connectivity index (χ2n) is 14.9. The van der Waals surface area contributed by atoms with Crippen LogP contribution in [0.1, 0.15) is 177 Å². The van der Waals surface area contributed by atoms with Gasteiger partial charge in [0.1, 0.15) is 6.61 Å². The second kappa shape index (κ2) is 35.8. The van der Waals surface area contributed by atoms with E-state index in [4.69, 9.17) is 18.5 Å². The Kier molecular flexibility index (Phi) is 31.5. The van der Waals surface area contributed by atoms with Crippen LogP contribution >= 0.6 is 9.03 Å². The first-order valence-corrected chi connectivity index (χ1v) is 22.6. The van der Waals surface area contributed by atoms with Gasteiger partial charge in [-0.3, -0.25) is 14.4 Å². The summed E-state index contributed by atoms with van der Waals surface area (Å²) in [5, 5.41) is 3.26. The Morgan fingerprint density at radius 2 is 1.05 bits per heavy atom. The Hall–Kier alpha value is -2.64. The Morgan fingerprint density at radius 3 is 1.62 bits per heavy atom. The van der Waals surface area contributed by atoms with E-state index in [1.54, 1.807) is 0 Å². The zero-order chi connectivity index (χ0) is 39.3. The molecule has 9 heteroatoms. The van der Waals surface area contributed by atoms with Crippen molar-refractivity contribution in [1.82, 2.24) is 5.32 Å². The van der Waals surface area contributed by atoms with E-state index in [2.05, 4.69) is 12.2 Å². The van der Waals surface area contributed by atoms with Crippen molar-refractivity contribution in [2.45, 2.75) is 174 Å². The lowest BCUT2D eigenvalue weighted by atomic mass is 10.0. The fourth-order valence-electron chi connectivity index (χ4n) is 6.45. The first-order chi connectivity index (χ1) is 27.1. The van der Waals surface area contributed by atoms with Gasteiger partial charge in [0.15, 0.2) is 20.9 Å². The van der Waals surface area contributed by atoms with Crippen molar-refractivity contribution in [1.29, 1.82) is 0 Å². The summed E-state index contributed by atoms with van der Waals surface area (Å²) >= 11 is 0. The molecule has 0 aliphatic rings. The Labute approximate surface area is 335 Å². The van der Waals surface area contributed by atoms with Crippen LogP contribution in [0, 0.1) is 0 Å². The van der Waals surface area contributed by atoms with Gasteiger partial charge in [-0.1, -0.05) is 190 Å². The van der Waals surface area contributed by atoms with Gasteiger partial charge < -0.3 is 23.8 Å². The molecular formula is C46H74NO7P. The molecule has 0 fully saturated rings. The van der Waals surface area contributed by atoms with Crippen LogP contribution in [0.15, 0.2) is 60.7 Å². The number of carbonyl (C=O) groups excluding carboxylic acids is 3. The second-order valence-corrected chi connectivity index (χ2v) is 15.6. The van der Waals surface area contributed by atoms with Crippen molar-refractivity contribution >= 4 is 26.8 Å². The van der Waals surface area contributed by atoms with Gasteiger partial charge in [0.2, 0.25) is 0 Å². The zero-order valence-electron chi connectivity index (χ0n) is 34.2. The summed E-state index contributed by atoms with van der Waals surface area (Å²) in [6.45, 7) is 4.08. The van der Waals surface area contributed by atoms with E-state index in [1.165, 1.54) is 96.3 Å². The molecule has 0 radical (unpaired) electrons. The molecule has 2 aromatic rings. The number of rotatable bonds is 38. The maximum absolute atomic E-state index is 12.7. The number of esters is 2. The lowest BCUT2D eigenvalue weighted by Crippen LogP contribution is -2.29. The minimum atomic E-state index is -0.654. The van der Waals surface area contributed by atoms with Crippen molar-refractivity contribution in [2.24, 2.45) is 0 Å². The van der Waals surface area contributed by atoms with E-state index in [1.807, 2.05) is 60.7 Å². The molecule has 1 unspecified atom stereocenters. The highest BCUT2D eigenvalue weighted by Crippen LogP contribution is 2.19. The Bertz CT molecular complexity index is 1200. The summed E-state index contributed by atoms with van der Waals surface area (Å²) in [6.07, 6.45) is 26.3. The maximum Gasteiger partial charge on any atom is 0.306 e. The molecule has 2 rings (SSSR count). The van der Waals surface area contributed by atoms with Crippen molar-refractivity contribution in [3.05, 3.63) is 71.8 Å². The number of benzene rings is 2. The Morgan fingerprint density at radius 1 is 0.564 bits per heavy atom. The lowest BCUT2D eigenvalue weighted by Gasteiger charge is -2.18. The summed E-state index contributed by atoms with van der Waals surface area (Å²) in [4.78, 5) is 37.3. The van der Waals surface area contributed by atoms with Gasteiger partial charge in [-0.15, -0.1) is 0 Å². The largest absolute Gasteiger partial charge is 0.462 e. The topological polar surface area (TPSA) is 100 Å². The summed E-state index contributed by atoms with van der Waals surface area (Å²) in [5.41, 5.74) is 1.82. The summed E-state index contributed by atoms with van der Waals surface area (Å²) < 4.78 is 22.6. The Balaban J connectivity index is 1.50. The highest BCUT2D eigenvalue weighted by molar-refractivity contribution is 7.26. The standard InChI is InChI=1S/C46H74NO7P/c1-2-3-4-5-6-7-8-9-10-12-16-19-28-35-46(50)54-43(40-53-55-52-38-41-30-23-21-24-31-41)39-51-45(49)34-27-18-15-13-11-14-17-20-29-36-47-37-44(48)42-32-25-22-26-33-42/h21-26,30-33,43,47,55H,2-20,27-29,34-40H2,1H3/t43-/m1/s1. The summed E-state index contributed by atoms with van der Waals surface area (Å²) in [6, 6.07) is 19.3. The molecule has 0 heterocycles. The number of nitrogens with one attached hydrogen (secondary N) is 1. The normalized spacial score (nSPS) is 11.9. The van der Waals surface area contributed by atoms with Gasteiger partial charge in [0.05, 0.1) is 19.8 Å². The molecule has 1 N–H and O–H groups in total. The van der Waals surface area contributed by atoms with Crippen LogP contribution in [0.2, 0.25) is 0 Å². The van der Waals surface area contributed by atoms with E-state index in [0.29, 0.717) is 26.0 Å². The first-order valence-electron chi connectivity index (χ1n) is 21.7. The molecule has 2 aromatic carbocycles. The van der Waals surface area contributed by atoms with Gasteiger partial charge in [-0.2, -0.15) is 0 Å². The number of ketones is 1. The monoisotopic (exact) mass is 784 g/mol. The molecule has 0 spiro atoms. The minimum Gasteiger partial charge on any atom is -0.462 e. The molecule has 2 atom stereocenters. The summed E-state index contributed by atoms with van der Waals surface area (Å²) in [7, 11) is -0.207. The van der Waals surface area contributed by atoms with Crippen LogP contribution in [-0.2, 0) is 34.7 Å². The SMILES string of the molecule is CCCCCCCCCCCCCCCC(=O)O[C@@H](COPOCc1ccccc1)COC(=O)CCCCCCCCCCCNCC(=O)c1ccccc1. The summed E-state index contributed by atoms with van der Waals surface area (Å²) in [5.74, 6) is -0.395. The van der Waals surface area contributed by atoms with Crippen LogP contribution in [-0.4, -0.2) is 50.1 Å². The quantitative estimate of drug-likeness (QED) is 0.0311. The van der Waals surface area contributed by atoms with E-state index < -0.39 is 6.10 Å². The number of hydrogen-bond donors (Lipinski definition) is 1. The van der Waals surface area contributed by atoms with Crippen LogP contribution in [0.3, 0.4) is 0 Å². The number of ether oxygens (including phenoxy) is 2. The lowest BCUT2D eigenvalue weighted by molar-refractivity contribution is -0.161. The van der Waals surface area contributed by atoms with Crippen LogP contribution < -0.4 is 5.32 Å². The van der Waals surface area contributed by atoms with Crippen LogP contribution in [0.5, 0.6) is 0 Å². The van der Waals surface area contributed by atoms with Gasteiger partial charge in [-0.25, -0.2) is 0 Å². The maximum atomic E-state index is 12.7.